The lowest BCUT2D eigenvalue weighted by molar-refractivity contribution is -0.110. The van der Waals surface area contributed by atoms with E-state index in [1.807, 2.05) is 0 Å². The molecule has 1 saturated carbocycles. The number of benzene rings is 1. The van der Waals surface area contributed by atoms with Gasteiger partial charge in [-0.05, 0) is 31.9 Å². The molecule has 11 heteroatoms. The number of ketones is 1. The lowest BCUT2D eigenvalue weighted by Gasteiger charge is -2.10. The number of hydrogen-bond donors (Lipinski definition) is 1. The normalized spacial score (nSPS) is 19.1. The second-order valence-corrected chi connectivity index (χ2v) is 11.0. The minimum atomic E-state index is -3.34. The summed E-state index contributed by atoms with van der Waals surface area (Å²) in [7, 11) is -3.34. The van der Waals surface area contributed by atoms with Crippen LogP contribution in [0.3, 0.4) is 0 Å². The molecular formula is C21H23N3O6S2. The van der Waals surface area contributed by atoms with Crippen molar-refractivity contribution in [2.24, 2.45) is 5.16 Å². The molecule has 0 bridgehead atoms. The number of sulfone groups is 1. The first-order chi connectivity index (χ1) is 15.3. The largest absolute Gasteiger partial charge is 0.389 e. The standard InChI is InChI=1S/C21H23N3O6S2/c1-12-19(13(2)25)31-21(22-12)23-20(26)18(24-30-15-9-10-29-11-15)14-3-5-16(6-4-14)32(27,28)17-7-8-17/h3-6,15,17H,7-11H2,1-2H3,(H,22,23,26)/t15-/m1/s1. The smallest absolute Gasteiger partial charge is 0.280 e. The average Bonchev–Trinajstić information content (AvgIpc) is 3.38. The third-order valence-electron chi connectivity index (χ3n) is 5.15. The van der Waals surface area contributed by atoms with Crippen LogP contribution in [0.1, 0.15) is 47.1 Å². The van der Waals surface area contributed by atoms with E-state index in [0.717, 1.165) is 11.3 Å². The van der Waals surface area contributed by atoms with Gasteiger partial charge in [-0.3, -0.25) is 14.9 Å². The van der Waals surface area contributed by atoms with Crippen molar-refractivity contribution in [2.75, 3.05) is 18.5 Å². The number of nitrogens with zero attached hydrogens (tertiary/aromatic N) is 2. The third kappa shape index (κ3) is 4.89. The summed E-state index contributed by atoms with van der Waals surface area (Å²) in [5.41, 5.74) is 0.908. The zero-order valence-electron chi connectivity index (χ0n) is 17.7. The maximum atomic E-state index is 13.0. The van der Waals surface area contributed by atoms with Crippen molar-refractivity contribution in [2.45, 2.75) is 49.4 Å². The first-order valence-electron chi connectivity index (χ1n) is 10.2. The Kier molecular flexibility index (Phi) is 6.40. The molecule has 170 valence electrons. The Morgan fingerprint density at radius 2 is 1.94 bits per heavy atom. The van der Waals surface area contributed by atoms with Crippen LogP contribution in [0, 0.1) is 6.92 Å². The van der Waals surface area contributed by atoms with E-state index in [0.29, 0.717) is 48.6 Å². The van der Waals surface area contributed by atoms with Gasteiger partial charge in [0.15, 0.2) is 32.6 Å². The molecule has 1 N–H and O–H groups in total. The zero-order chi connectivity index (χ0) is 22.9. The monoisotopic (exact) mass is 477 g/mol. The second-order valence-electron chi connectivity index (χ2n) is 7.74. The van der Waals surface area contributed by atoms with Gasteiger partial charge in [-0.25, -0.2) is 13.4 Å². The number of oxime groups is 1. The number of hydrogen-bond acceptors (Lipinski definition) is 9. The lowest BCUT2D eigenvalue weighted by Crippen LogP contribution is -2.25. The van der Waals surface area contributed by atoms with Gasteiger partial charge in [0.2, 0.25) is 0 Å². The number of amides is 1. The number of aryl methyl sites for hydroxylation is 1. The van der Waals surface area contributed by atoms with E-state index >= 15 is 0 Å². The molecule has 0 spiro atoms. The van der Waals surface area contributed by atoms with Crippen LogP contribution >= 0.6 is 11.3 Å². The van der Waals surface area contributed by atoms with Crippen molar-refractivity contribution >= 4 is 43.7 Å². The highest BCUT2D eigenvalue weighted by Crippen LogP contribution is 2.33. The topological polar surface area (TPSA) is 124 Å². The van der Waals surface area contributed by atoms with Crippen LogP contribution in [0.2, 0.25) is 0 Å². The van der Waals surface area contributed by atoms with E-state index in [1.54, 1.807) is 6.92 Å². The fraction of sp³-hybridized carbons (Fsp3) is 0.429. The number of thiazole rings is 1. The van der Waals surface area contributed by atoms with Crippen molar-refractivity contribution in [1.82, 2.24) is 4.98 Å². The molecule has 0 radical (unpaired) electrons. The second kappa shape index (κ2) is 9.08. The van der Waals surface area contributed by atoms with Crippen LogP contribution in [0.15, 0.2) is 34.3 Å². The van der Waals surface area contributed by atoms with Crippen LogP contribution in [0.5, 0.6) is 0 Å². The van der Waals surface area contributed by atoms with Gasteiger partial charge in [0, 0.05) is 18.9 Å². The maximum Gasteiger partial charge on any atom is 0.280 e. The molecule has 1 aromatic carbocycles. The number of aromatic nitrogens is 1. The maximum absolute atomic E-state index is 13.0. The highest BCUT2D eigenvalue weighted by atomic mass is 32.2. The molecule has 2 aromatic rings. The van der Waals surface area contributed by atoms with E-state index in [1.165, 1.54) is 31.2 Å². The summed E-state index contributed by atoms with van der Waals surface area (Å²) in [5.74, 6) is -0.711. The first-order valence-corrected chi connectivity index (χ1v) is 12.6. The van der Waals surface area contributed by atoms with E-state index in [-0.39, 0.29) is 32.9 Å². The highest BCUT2D eigenvalue weighted by molar-refractivity contribution is 7.92. The Hall–Kier alpha value is -2.63. The van der Waals surface area contributed by atoms with E-state index in [9.17, 15) is 18.0 Å². The van der Waals surface area contributed by atoms with Gasteiger partial charge in [0.25, 0.3) is 5.91 Å². The molecule has 4 rings (SSSR count). The molecule has 1 amide bonds. The predicted molar refractivity (Wildman–Crippen MR) is 119 cm³/mol. The highest BCUT2D eigenvalue weighted by Gasteiger charge is 2.36. The van der Waals surface area contributed by atoms with Gasteiger partial charge in [0.05, 0.1) is 33.9 Å². The minimum Gasteiger partial charge on any atom is -0.389 e. The molecule has 9 nitrogen and oxygen atoms in total. The molecule has 1 aromatic heterocycles. The van der Waals surface area contributed by atoms with Gasteiger partial charge < -0.3 is 9.57 Å². The predicted octanol–water partition coefficient (Wildman–Crippen LogP) is 2.74. The zero-order valence-corrected chi connectivity index (χ0v) is 19.3. The van der Waals surface area contributed by atoms with Gasteiger partial charge in [-0.15, -0.1) is 0 Å². The van der Waals surface area contributed by atoms with Gasteiger partial charge in [-0.2, -0.15) is 0 Å². The number of carbonyl (C=O) groups is 2. The summed E-state index contributed by atoms with van der Waals surface area (Å²) >= 11 is 1.08. The van der Waals surface area contributed by atoms with Crippen molar-refractivity contribution in [3.63, 3.8) is 0 Å². The molecule has 2 aliphatic rings. The summed E-state index contributed by atoms with van der Waals surface area (Å²) in [4.78, 5) is 35.1. The number of rotatable bonds is 8. The van der Waals surface area contributed by atoms with Crippen LogP contribution in [-0.2, 0) is 24.2 Å². The lowest BCUT2D eigenvalue weighted by atomic mass is 10.1. The molecule has 32 heavy (non-hydrogen) atoms. The first kappa shape index (κ1) is 22.6. The SMILES string of the molecule is CC(=O)c1sc(NC(=O)C(=NO[C@@H]2CCOC2)c2ccc(S(=O)(=O)C3CC3)cc2)nc1C. The molecular weight excluding hydrogens is 454 g/mol. The van der Waals surface area contributed by atoms with Crippen molar-refractivity contribution in [3.8, 4) is 0 Å². The molecule has 2 heterocycles. The fourth-order valence-electron chi connectivity index (χ4n) is 3.25. The van der Waals surface area contributed by atoms with Crippen LogP contribution in [0.4, 0.5) is 5.13 Å². The number of carbonyl (C=O) groups excluding carboxylic acids is 2. The Labute approximate surface area is 189 Å². The van der Waals surface area contributed by atoms with Crippen molar-refractivity contribution < 1.29 is 27.6 Å². The summed E-state index contributed by atoms with van der Waals surface area (Å²) in [6.07, 6.45) is 1.74. The van der Waals surface area contributed by atoms with Crippen molar-refractivity contribution in [3.05, 3.63) is 40.4 Å². The van der Waals surface area contributed by atoms with Crippen LogP contribution in [-0.4, -0.2) is 55.4 Å². The summed E-state index contributed by atoms with van der Waals surface area (Å²) in [6, 6.07) is 6.03. The summed E-state index contributed by atoms with van der Waals surface area (Å²) in [5, 5.41) is 6.67. The fourth-order valence-corrected chi connectivity index (χ4v) is 5.77. The third-order valence-corrected chi connectivity index (χ3v) is 8.60. The molecule has 0 unspecified atom stereocenters. The van der Waals surface area contributed by atoms with Gasteiger partial charge in [-0.1, -0.05) is 28.6 Å². The van der Waals surface area contributed by atoms with Crippen LogP contribution in [0.25, 0.3) is 0 Å². The average molecular weight is 478 g/mol. The molecule has 1 aliphatic heterocycles. The number of anilines is 1. The summed E-state index contributed by atoms with van der Waals surface area (Å²) in [6.45, 7) is 4.07. The minimum absolute atomic E-state index is 0.0236. The number of ether oxygens (including phenoxy) is 1. The number of nitrogens with one attached hydrogen (secondary N) is 1. The number of Topliss-reactive ketones (excluding diaryl/α,β-unsaturated/α-hetero) is 1. The Morgan fingerprint density at radius 1 is 1.22 bits per heavy atom. The molecule has 1 aliphatic carbocycles. The Bertz CT molecular complexity index is 1160. The summed E-state index contributed by atoms with van der Waals surface area (Å²) < 4.78 is 30.2. The Morgan fingerprint density at radius 3 is 2.50 bits per heavy atom. The van der Waals surface area contributed by atoms with Gasteiger partial charge in [0.1, 0.15) is 0 Å². The quantitative estimate of drug-likeness (QED) is 0.352. The van der Waals surface area contributed by atoms with E-state index in [2.05, 4.69) is 15.5 Å². The Balaban J connectivity index is 1.59. The van der Waals surface area contributed by atoms with Crippen molar-refractivity contribution in [1.29, 1.82) is 0 Å². The molecule has 1 atom stereocenters. The molecule has 2 fully saturated rings. The van der Waals surface area contributed by atoms with E-state index < -0.39 is 15.7 Å². The van der Waals surface area contributed by atoms with E-state index in [4.69, 9.17) is 9.57 Å². The van der Waals surface area contributed by atoms with Crippen LogP contribution < -0.4 is 5.32 Å². The molecule has 1 saturated heterocycles. The van der Waals surface area contributed by atoms with Gasteiger partial charge >= 0.3 is 0 Å².